The number of nitrogens with two attached hydrogens (primary N) is 2. The molecule has 1 saturated heterocycles. The largest absolute Gasteiger partial charge is 0.368 e. The third-order valence-corrected chi connectivity index (χ3v) is 4.64. The normalized spacial score (nSPS) is 36.0. The summed E-state index contributed by atoms with van der Waals surface area (Å²) in [6, 6.07) is -0.184. The standard InChI is InChI=1S/C14H25N3O2/c1-9-8-10(15)5-6-11(9)14(19)17-7-3-2-4-12(17)13(16)18/h9-12H,2-8,15H2,1H3,(H2,16,18). The van der Waals surface area contributed by atoms with E-state index in [0.717, 1.165) is 32.1 Å². The van der Waals surface area contributed by atoms with Crippen LogP contribution in [0.5, 0.6) is 0 Å². The molecule has 0 aromatic rings. The zero-order valence-electron chi connectivity index (χ0n) is 11.7. The van der Waals surface area contributed by atoms with Crippen LogP contribution in [0.3, 0.4) is 0 Å². The Morgan fingerprint density at radius 3 is 2.53 bits per heavy atom. The molecule has 4 atom stereocenters. The number of likely N-dealkylation sites (tertiary alicyclic amines) is 1. The number of piperidine rings is 1. The van der Waals surface area contributed by atoms with Gasteiger partial charge in [0.2, 0.25) is 11.8 Å². The first-order valence-corrected chi connectivity index (χ1v) is 7.36. The number of hydrogen-bond donors (Lipinski definition) is 2. The van der Waals surface area contributed by atoms with Crippen LogP contribution in [-0.2, 0) is 9.59 Å². The number of carbonyl (C=O) groups excluding carboxylic acids is 2. The number of carbonyl (C=O) groups is 2. The van der Waals surface area contributed by atoms with Crippen molar-refractivity contribution in [3.05, 3.63) is 0 Å². The third-order valence-electron chi connectivity index (χ3n) is 4.64. The lowest BCUT2D eigenvalue weighted by Crippen LogP contribution is -2.53. The number of nitrogens with zero attached hydrogens (tertiary/aromatic N) is 1. The molecule has 2 amide bonds. The zero-order chi connectivity index (χ0) is 14.0. The van der Waals surface area contributed by atoms with Crippen molar-refractivity contribution in [2.75, 3.05) is 6.54 Å². The summed E-state index contributed by atoms with van der Waals surface area (Å²) in [4.78, 5) is 25.9. The predicted octanol–water partition coefficient (Wildman–Crippen LogP) is 0.616. The van der Waals surface area contributed by atoms with Crippen molar-refractivity contribution in [1.82, 2.24) is 4.90 Å². The first kappa shape index (κ1) is 14.3. The number of primary amides is 1. The summed E-state index contributed by atoms with van der Waals surface area (Å²) in [5, 5.41) is 0. The van der Waals surface area contributed by atoms with Gasteiger partial charge in [0, 0.05) is 18.5 Å². The van der Waals surface area contributed by atoms with Gasteiger partial charge in [-0.05, 0) is 44.4 Å². The molecule has 1 heterocycles. The quantitative estimate of drug-likeness (QED) is 0.768. The van der Waals surface area contributed by atoms with Crippen LogP contribution in [0.4, 0.5) is 0 Å². The van der Waals surface area contributed by atoms with Crippen LogP contribution in [0.15, 0.2) is 0 Å². The molecule has 0 aromatic heterocycles. The molecule has 0 spiro atoms. The van der Waals surface area contributed by atoms with E-state index in [-0.39, 0.29) is 23.8 Å². The van der Waals surface area contributed by atoms with Gasteiger partial charge in [-0.1, -0.05) is 6.92 Å². The fourth-order valence-electron chi connectivity index (χ4n) is 3.51. The Kier molecular flexibility index (Phi) is 4.45. The second-order valence-corrected chi connectivity index (χ2v) is 6.10. The molecular weight excluding hydrogens is 242 g/mol. The highest BCUT2D eigenvalue weighted by molar-refractivity contribution is 5.88. The Hall–Kier alpha value is -1.10. The maximum Gasteiger partial charge on any atom is 0.240 e. The smallest absolute Gasteiger partial charge is 0.240 e. The van der Waals surface area contributed by atoms with E-state index in [1.165, 1.54) is 0 Å². The summed E-state index contributed by atoms with van der Waals surface area (Å²) in [7, 11) is 0. The molecule has 2 rings (SSSR count). The van der Waals surface area contributed by atoms with Crippen molar-refractivity contribution >= 4 is 11.8 Å². The summed E-state index contributed by atoms with van der Waals surface area (Å²) in [5.74, 6) is 0.0579. The van der Waals surface area contributed by atoms with Gasteiger partial charge in [0.15, 0.2) is 0 Å². The van der Waals surface area contributed by atoms with Crippen LogP contribution in [0.1, 0.15) is 45.4 Å². The molecule has 1 aliphatic carbocycles. The summed E-state index contributed by atoms with van der Waals surface area (Å²) in [5.41, 5.74) is 11.4. The minimum atomic E-state index is -0.399. The monoisotopic (exact) mass is 267 g/mol. The molecule has 4 N–H and O–H groups in total. The lowest BCUT2D eigenvalue weighted by molar-refractivity contribution is -0.146. The van der Waals surface area contributed by atoms with Gasteiger partial charge in [-0.15, -0.1) is 0 Å². The highest BCUT2D eigenvalue weighted by atomic mass is 16.2. The Bertz CT molecular complexity index is 359. The topological polar surface area (TPSA) is 89.4 Å². The first-order chi connectivity index (χ1) is 9.00. The lowest BCUT2D eigenvalue weighted by atomic mass is 9.77. The average Bonchev–Trinajstić information content (AvgIpc) is 2.38. The van der Waals surface area contributed by atoms with Crippen molar-refractivity contribution in [1.29, 1.82) is 0 Å². The fourth-order valence-corrected chi connectivity index (χ4v) is 3.51. The Morgan fingerprint density at radius 1 is 1.16 bits per heavy atom. The van der Waals surface area contributed by atoms with Crippen LogP contribution < -0.4 is 11.5 Å². The van der Waals surface area contributed by atoms with Crippen LogP contribution in [0.2, 0.25) is 0 Å². The minimum Gasteiger partial charge on any atom is -0.368 e. The number of amides is 2. The summed E-state index contributed by atoms with van der Waals surface area (Å²) in [6.07, 6.45) is 5.28. The fraction of sp³-hybridized carbons (Fsp3) is 0.857. The van der Waals surface area contributed by atoms with Gasteiger partial charge in [0.05, 0.1) is 0 Å². The van der Waals surface area contributed by atoms with Gasteiger partial charge >= 0.3 is 0 Å². The summed E-state index contributed by atoms with van der Waals surface area (Å²) < 4.78 is 0. The molecule has 5 heteroatoms. The summed E-state index contributed by atoms with van der Waals surface area (Å²) >= 11 is 0. The van der Waals surface area contributed by atoms with Gasteiger partial charge in [-0.25, -0.2) is 0 Å². The highest BCUT2D eigenvalue weighted by Gasteiger charge is 2.38. The molecule has 4 unspecified atom stereocenters. The van der Waals surface area contributed by atoms with Gasteiger partial charge in [-0.2, -0.15) is 0 Å². The van der Waals surface area contributed by atoms with Gasteiger partial charge in [0.25, 0.3) is 0 Å². The molecule has 1 saturated carbocycles. The molecule has 0 radical (unpaired) electrons. The maximum absolute atomic E-state index is 12.7. The molecule has 2 aliphatic rings. The van der Waals surface area contributed by atoms with Crippen LogP contribution in [0.25, 0.3) is 0 Å². The van der Waals surface area contributed by atoms with Crippen LogP contribution in [0, 0.1) is 11.8 Å². The van der Waals surface area contributed by atoms with Crippen molar-refractivity contribution in [2.45, 2.75) is 57.5 Å². The van der Waals surface area contributed by atoms with E-state index in [2.05, 4.69) is 6.92 Å². The molecule has 0 aromatic carbocycles. The number of hydrogen-bond acceptors (Lipinski definition) is 3. The number of rotatable bonds is 2. The highest BCUT2D eigenvalue weighted by Crippen LogP contribution is 2.32. The molecule has 2 fully saturated rings. The molecule has 108 valence electrons. The van der Waals surface area contributed by atoms with Crippen molar-refractivity contribution in [2.24, 2.45) is 23.3 Å². The average molecular weight is 267 g/mol. The van der Waals surface area contributed by atoms with E-state index in [4.69, 9.17) is 11.5 Å². The van der Waals surface area contributed by atoms with E-state index in [1.54, 1.807) is 4.90 Å². The molecular formula is C14H25N3O2. The third kappa shape index (κ3) is 3.08. The van der Waals surface area contributed by atoms with Crippen molar-refractivity contribution in [3.63, 3.8) is 0 Å². The van der Waals surface area contributed by atoms with E-state index in [0.29, 0.717) is 18.9 Å². The molecule has 1 aliphatic heterocycles. The van der Waals surface area contributed by atoms with Gasteiger partial charge < -0.3 is 16.4 Å². The maximum atomic E-state index is 12.7. The van der Waals surface area contributed by atoms with E-state index < -0.39 is 6.04 Å². The minimum absolute atomic E-state index is 0.0137. The zero-order valence-corrected chi connectivity index (χ0v) is 11.7. The SMILES string of the molecule is CC1CC(N)CCC1C(=O)N1CCCCC1C(N)=O. The lowest BCUT2D eigenvalue weighted by Gasteiger charge is -2.39. The van der Waals surface area contributed by atoms with E-state index in [1.807, 2.05) is 0 Å². The van der Waals surface area contributed by atoms with Crippen LogP contribution in [-0.4, -0.2) is 35.3 Å². The second kappa shape index (κ2) is 5.90. The Balaban J connectivity index is 2.06. The Morgan fingerprint density at radius 2 is 1.89 bits per heavy atom. The molecule has 19 heavy (non-hydrogen) atoms. The first-order valence-electron chi connectivity index (χ1n) is 7.36. The van der Waals surface area contributed by atoms with E-state index >= 15 is 0 Å². The molecule has 5 nitrogen and oxygen atoms in total. The van der Waals surface area contributed by atoms with Crippen molar-refractivity contribution < 1.29 is 9.59 Å². The van der Waals surface area contributed by atoms with Crippen molar-refractivity contribution in [3.8, 4) is 0 Å². The Labute approximate surface area is 114 Å². The summed E-state index contributed by atoms with van der Waals surface area (Å²) in [6.45, 7) is 2.76. The predicted molar refractivity (Wildman–Crippen MR) is 73.0 cm³/mol. The molecule has 0 bridgehead atoms. The van der Waals surface area contributed by atoms with E-state index in [9.17, 15) is 9.59 Å². The second-order valence-electron chi connectivity index (χ2n) is 6.10. The van der Waals surface area contributed by atoms with Gasteiger partial charge in [-0.3, -0.25) is 9.59 Å². The van der Waals surface area contributed by atoms with Crippen LogP contribution >= 0.6 is 0 Å². The van der Waals surface area contributed by atoms with Gasteiger partial charge in [0.1, 0.15) is 6.04 Å².